The van der Waals surface area contributed by atoms with Gasteiger partial charge in [-0.1, -0.05) is 13.8 Å². The zero-order chi connectivity index (χ0) is 14.4. The van der Waals surface area contributed by atoms with Crippen molar-refractivity contribution in [3.8, 4) is 0 Å². The summed E-state index contributed by atoms with van der Waals surface area (Å²) in [6.45, 7) is 5.03. The van der Waals surface area contributed by atoms with Gasteiger partial charge in [0, 0.05) is 18.8 Å². The van der Waals surface area contributed by atoms with Crippen LogP contribution >= 0.6 is 15.9 Å². The van der Waals surface area contributed by atoms with E-state index >= 15 is 0 Å². The second kappa shape index (κ2) is 7.60. The molecule has 1 aromatic rings. The first-order chi connectivity index (χ1) is 8.91. The number of aromatic nitrogens is 1. The summed E-state index contributed by atoms with van der Waals surface area (Å²) in [6.07, 6.45) is 2.71. The molecule has 1 atom stereocenters. The molecule has 1 amide bonds. The summed E-state index contributed by atoms with van der Waals surface area (Å²) in [6, 6.07) is 3.87. The van der Waals surface area contributed by atoms with E-state index in [2.05, 4.69) is 45.0 Å². The van der Waals surface area contributed by atoms with Gasteiger partial charge in [-0.25, -0.2) is 4.98 Å². The molecule has 0 bridgehead atoms. The number of amides is 1. The molecule has 0 aromatic carbocycles. The van der Waals surface area contributed by atoms with Gasteiger partial charge >= 0.3 is 0 Å². The van der Waals surface area contributed by atoms with Crippen LogP contribution < -0.4 is 5.32 Å². The largest absolute Gasteiger partial charge is 0.350 e. The maximum absolute atomic E-state index is 12.1. The van der Waals surface area contributed by atoms with Crippen molar-refractivity contribution in [3.05, 3.63) is 28.5 Å². The van der Waals surface area contributed by atoms with Gasteiger partial charge in [-0.2, -0.15) is 0 Å². The number of carbonyl (C=O) groups excluding carboxylic acids is 1. The van der Waals surface area contributed by atoms with Gasteiger partial charge in [0.15, 0.2) is 0 Å². The van der Waals surface area contributed by atoms with Crippen LogP contribution in [-0.4, -0.2) is 42.5 Å². The summed E-state index contributed by atoms with van der Waals surface area (Å²) in [5.41, 5.74) is 0.574. The number of pyridine rings is 1. The van der Waals surface area contributed by atoms with Crippen LogP contribution in [0.15, 0.2) is 22.9 Å². The standard InChI is InChI=1S/C14H22BrN3O/c1-10(2)8-11(18(3)4)9-17-14(19)12-6-5-7-16-13(12)15/h5-7,10-11H,8-9H2,1-4H3,(H,17,19). The molecule has 0 aliphatic carbocycles. The van der Waals surface area contributed by atoms with Crippen molar-refractivity contribution in [2.45, 2.75) is 26.3 Å². The molecule has 0 aliphatic rings. The van der Waals surface area contributed by atoms with E-state index in [-0.39, 0.29) is 5.91 Å². The van der Waals surface area contributed by atoms with E-state index in [0.29, 0.717) is 28.7 Å². The van der Waals surface area contributed by atoms with Crippen LogP contribution in [0.1, 0.15) is 30.6 Å². The van der Waals surface area contributed by atoms with Crippen LogP contribution in [0, 0.1) is 5.92 Å². The van der Waals surface area contributed by atoms with Gasteiger partial charge in [-0.3, -0.25) is 4.79 Å². The monoisotopic (exact) mass is 327 g/mol. The fourth-order valence-electron chi connectivity index (χ4n) is 1.88. The van der Waals surface area contributed by atoms with E-state index in [1.54, 1.807) is 18.3 Å². The number of rotatable bonds is 6. The Morgan fingerprint density at radius 1 is 1.47 bits per heavy atom. The van der Waals surface area contributed by atoms with E-state index < -0.39 is 0 Å². The number of halogens is 1. The highest BCUT2D eigenvalue weighted by molar-refractivity contribution is 9.10. The first kappa shape index (κ1) is 16.1. The highest BCUT2D eigenvalue weighted by Crippen LogP contribution is 2.13. The van der Waals surface area contributed by atoms with Crippen LogP contribution in [-0.2, 0) is 0 Å². The first-order valence-corrected chi connectivity index (χ1v) is 7.26. The van der Waals surface area contributed by atoms with Crippen molar-refractivity contribution < 1.29 is 4.79 Å². The molecule has 1 unspecified atom stereocenters. The predicted octanol–water partition coefficient (Wildman–Crippen LogP) is 2.55. The molecule has 1 N–H and O–H groups in total. The van der Waals surface area contributed by atoms with Crippen LogP contribution in [0.2, 0.25) is 0 Å². The quantitative estimate of drug-likeness (QED) is 0.817. The molecule has 0 aliphatic heterocycles. The predicted molar refractivity (Wildman–Crippen MR) is 81.2 cm³/mol. The first-order valence-electron chi connectivity index (χ1n) is 6.47. The average Bonchev–Trinajstić information content (AvgIpc) is 2.34. The SMILES string of the molecule is CC(C)CC(CNC(=O)c1cccnc1Br)N(C)C. The van der Waals surface area contributed by atoms with Crippen molar-refractivity contribution in [1.82, 2.24) is 15.2 Å². The van der Waals surface area contributed by atoms with E-state index in [1.807, 2.05) is 14.1 Å². The Morgan fingerprint density at radius 2 is 2.16 bits per heavy atom. The lowest BCUT2D eigenvalue weighted by Gasteiger charge is -2.26. The number of hydrogen-bond acceptors (Lipinski definition) is 3. The zero-order valence-corrected chi connectivity index (χ0v) is 13.6. The van der Waals surface area contributed by atoms with Crippen LogP contribution in [0.3, 0.4) is 0 Å². The lowest BCUT2D eigenvalue weighted by molar-refractivity contribution is 0.0937. The van der Waals surface area contributed by atoms with Gasteiger partial charge in [-0.05, 0) is 54.5 Å². The third-order valence-electron chi connectivity index (χ3n) is 2.98. The summed E-state index contributed by atoms with van der Waals surface area (Å²) in [5, 5.41) is 2.98. The van der Waals surface area contributed by atoms with E-state index in [9.17, 15) is 4.79 Å². The highest BCUT2D eigenvalue weighted by atomic mass is 79.9. The van der Waals surface area contributed by atoms with Crippen molar-refractivity contribution in [3.63, 3.8) is 0 Å². The Hall–Kier alpha value is -0.940. The zero-order valence-electron chi connectivity index (χ0n) is 12.0. The Balaban J connectivity index is 2.60. The Morgan fingerprint density at radius 3 is 2.68 bits per heavy atom. The molecule has 0 fully saturated rings. The van der Waals surface area contributed by atoms with Crippen molar-refractivity contribution >= 4 is 21.8 Å². The van der Waals surface area contributed by atoms with Crippen LogP contribution in [0.5, 0.6) is 0 Å². The molecule has 1 heterocycles. The summed E-state index contributed by atoms with van der Waals surface area (Å²) >= 11 is 3.29. The lowest BCUT2D eigenvalue weighted by Crippen LogP contribution is -2.41. The van der Waals surface area contributed by atoms with Crippen molar-refractivity contribution in [2.75, 3.05) is 20.6 Å². The molecule has 5 heteroatoms. The summed E-state index contributed by atoms with van der Waals surface area (Å²) in [7, 11) is 4.08. The second-order valence-electron chi connectivity index (χ2n) is 5.30. The minimum Gasteiger partial charge on any atom is -0.350 e. The minimum absolute atomic E-state index is 0.0874. The van der Waals surface area contributed by atoms with Gasteiger partial charge in [0.2, 0.25) is 0 Å². The smallest absolute Gasteiger partial charge is 0.254 e. The molecular formula is C14H22BrN3O. The number of carbonyl (C=O) groups is 1. The summed E-state index contributed by atoms with van der Waals surface area (Å²) < 4.78 is 0.581. The Labute approximate surface area is 123 Å². The summed E-state index contributed by atoms with van der Waals surface area (Å²) in [4.78, 5) is 18.3. The number of nitrogens with one attached hydrogen (secondary N) is 1. The fraction of sp³-hybridized carbons (Fsp3) is 0.571. The number of likely N-dealkylation sites (N-methyl/N-ethyl adjacent to an activating group) is 1. The number of nitrogens with zero attached hydrogens (tertiary/aromatic N) is 2. The lowest BCUT2D eigenvalue weighted by atomic mass is 10.0. The molecule has 1 aromatic heterocycles. The molecular weight excluding hydrogens is 306 g/mol. The van der Waals surface area contributed by atoms with Gasteiger partial charge in [0.1, 0.15) is 4.60 Å². The summed E-state index contributed by atoms with van der Waals surface area (Å²) in [5.74, 6) is 0.519. The third kappa shape index (κ3) is 5.28. The number of hydrogen-bond donors (Lipinski definition) is 1. The van der Waals surface area contributed by atoms with Gasteiger partial charge in [0.05, 0.1) is 5.56 Å². The Kier molecular flexibility index (Phi) is 6.45. The molecule has 106 valence electrons. The van der Waals surface area contributed by atoms with Crippen LogP contribution in [0.4, 0.5) is 0 Å². The highest BCUT2D eigenvalue weighted by Gasteiger charge is 2.16. The van der Waals surface area contributed by atoms with Gasteiger partial charge in [-0.15, -0.1) is 0 Å². The maximum Gasteiger partial charge on any atom is 0.254 e. The van der Waals surface area contributed by atoms with Crippen molar-refractivity contribution in [2.24, 2.45) is 5.92 Å². The molecule has 1 rings (SSSR count). The fourth-order valence-corrected chi connectivity index (χ4v) is 2.31. The molecule has 0 saturated carbocycles. The molecule has 0 radical (unpaired) electrons. The molecule has 0 spiro atoms. The second-order valence-corrected chi connectivity index (χ2v) is 6.05. The molecule has 19 heavy (non-hydrogen) atoms. The van der Waals surface area contributed by atoms with E-state index in [1.165, 1.54) is 0 Å². The molecule has 0 saturated heterocycles. The average molecular weight is 328 g/mol. The molecule has 4 nitrogen and oxygen atoms in total. The van der Waals surface area contributed by atoms with Gasteiger partial charge < -0.3 is 10.2 Å². The van der Waals surface area contributed by atoms with Gasteiger partial charge in [0.25, 0.3) is 5.91 Å². The van der Waals surface area contributed by atoms with Crippen molar-refractivity contribution in [1.29, 1.82) is 0 Å². The maximum atomic E-state index is 12.1. The van der Waals surface area contributed by atoms with E-state index in [4.69, 9.17) is 0 Å². The Bertz CT molecular complexity index is 421. The van der Waals surface area contributed by atoms with E-state index in [0.717, 1.165) is 6.42 Å². The van der Waals surface area contributed by atoms with Crippen LogP contribution in [0.25, 0.3) is 0 Å². The third-order valence-corrected chi connectivity index (χ3v) is 3.61. The normalized spacial score (nSPS) is 12.8. The minimum atomic E-state index is -0.0874. The topological polar surface area (TPSA) is 45.2 Å².